The molecule has 0 radical (unpaired) electrons. The largest absolute Gasteiger partial charge is 0.494 e. The average Bonchev–Trinajstić information content (AvgIpc) is 3.17. The number of anilines is 1. The number of fused-ring (bicyclic) bond motifs is 1. The molecule has 2 N–H and O–H groups in total. The number of nitrogens with one attached hydrogen (secondary N) is 2. The van der Waals surface area contributed by atoms with Gasteiger partial charge in [0.15, 0.2) is 5.82 Å². The Bertz CT molecular complexity index is 1020. The third kappa shape index (κ3) is 4.14. The van der Waals surface area contributed by atoms with Crippen LogP contribution in [0.1, 0.15) is 36.8 Å². The number of carbonyl (C=O) groups excluding carboxylic acids is 1. The van der Waals surface area contributed by atoms with Crippen LogP contribution in [-0.4, -0.2) is 32.6 Å². The van der Waals surface area contributed by atoms with E-state index < -0.39 is 5.25 Å². The van der Waals surface area contributed by atoms with E-state index in [1.54, 1.807) is 0 Å². The van der Waals surface area contributed by atoms with Crippen molar-refractivity contribution >= 4 is 23.4 Å². The second-order valence-electron chi connectivity index (χ2n) is 7.09. The number of aromatic nitrogens is 3. The lowest BCUT2D eigenvalue weighted by Crippen LogP contribution is -2.41. The summed E-state index contributed by atoms with van der Waals surface area (Å²) in [6, 6.07) is 15.4. The van der Waals surface area contributed by atoms with Crippen LogP contribution in [0.5, 0.6) is 5.75 Å². The minimum Gasteiger partial charge on any atom is -0.494 e. The lowest BCUT2D eigenvalue weighted by molar-refractivity contribution is -0.116. The molecule has 1 amide bonds. The van der Waals surface area contributed by atoms with Crippen molar-refractivity contribution in [2.24, 2.45) is 0 Å². The zero-order valence-electron chi connectivity index (χ0n) is 17.3. The Kier molecular flexibility index (Phi) is 5.94. The maximum Gasteiger partial charge on any atom is 0.240 e. The van der Waals surface area contributed by atoms with E-state index in [1.165, 1.54) is 11.8 Å². The number of thioether (sulfide) groups is 1. The molecule has 2 atom stereocenters. The van der Waals surface area contributed by atoms with Crippen molar-refractivity contribution in [1.29, 1.82) is 0 Å². The van der Waals surface area contributed by atoms with Crippen molar-refractivity contribution < 1.29 is 9.53 Å². The number of hydrogen-bond acceptors (Lipinski definition) is 6. The van der Waals surface area contributed by atoms with E-state index in [2.05, 4.69) is 20.9 Å². The summed E-state index contributed by atoms with van der Waals surface area (Å²) in [5, 5.41) is 11.8. The molecule has 1 aliphatic rings. The lowest BCUT2D eigenvalue weighted by atomic mass is 10.0. The van der Waals surface area contributed by atoms with Crippen molar-refractivity contribution in [1.82, 2.24) is 14.9 Å². The molecule has 30 heavy (non-hydrogen) atoms. The smallest absolute Gasteiger partial charge is 0.240 e. The van der Waals surface area contributed by atoms with Gasteiger partial charge in [-0.15, -0.1) is 10.2 Å². The van der Waals surface area contributed by atoms with Gasteiger partial charge in [0.2, 0.25) is 11.1 Å². The molecule has 0 bridgehead atoms. The van der Waals surface area contributed by atoms with Gasteiger partial charge in [0.25, 0.3) is 0 Å². The van der Waals surface area contributed by atoms with Gasteiger partial charge in [0.1, 0.15) is 11.0 Å². The standard InChI is InChI=1S/C22H25N5O2S/c1-4-18-24-25-22-27(18)26-19(15-8-12-17(13-9-15)29-5-2)20(30-22)21(28)23-16-10-6-14(3)7-11-16/h6-13,19-20,26H,4-5H2,1-3H3,(H,23,28)/t19-,20+/m0/s1. The van der Waals surface area contributed by atoms with E-state index in [0.717, 1.165) is 34.8 Å². The Morgan fingerprint density at radius 3 is 2.53 bits per heavy atom. The fourth-order valence-electron chi connectivity index (χ4n) is 3.37. The van der Waals surface area contributed by atoms with Crippen molar-refractivity contribution in [2.45, 2.75) is 43.6 Å². The van der Waals surface area contributed by atoms with Crippen molar-refractivity contribution in [3.8, 4) is 5.75 Å². The van der Waals surface area contributed by atoms with Gasteiger partial charge in [0, 0.05) is 12.1 Å². The molecule has 0 spiro atoms. The summed E-state index contributed by atoms with van der Waals surface area (Å²) in [6.07, 6.45) is 0.747. The number of amides is 1. The topological polar surface area (TPSA) is 81.1 Å². The summed E-state index contributed by atoms with van der Waals surface area (Å²) in [6.45, 7) is 6.62. The number of benzene rings is 2. The van der Waals surface area contributed by atoms with Crippen LogP contribution in [0.3, 0.4) is 0 Å². The van der Waals surface area contributed by atoms with Gasteiger partial charge in [-0.2, -0.15) is 0 Å². The molecule has 3 aromatic rings. The van der Waals surface area contributed by atoms with E-state index in [4.69, 9.17) is 4.74 Å². The number of ether oxygens (including phenoxy) is 1. The molecule has 0 aliphatic carbocycles. The molecule has 0 unspecified atom stereocenters. The number of hydrogen-bond donors (Lipinski definition) is 2. The molecular formula is C22H25N5O2S. The van der Waals surface area contributed by atoms with Crippen LogP contribution in [0.25, 0.3) is 0 Å². The lowest BCUT2D eigenvalue weighted by Gasteiger charge is -2.33. The van der Waals surface area contributed by atoms with Crippen LogP contribution < -0.4 is 15.5 Å². The number of carbonyl (C=O) groups is 1. The Morgan fingerprint density at radius 2 is 1.87 bits per heavy atom. The minimum absolute atomic E-state index is 0.0810. The quantitative estimate of drug-likeness (QED) is 0.625. The van der Waals surface area contributed by atoms with Crippen LogP contribution >= 0.6 is 11.8 Å². The van der Waals surface area contributed by atoms with Crippen LogP contribution in [0.15, 0.2) is 53.7 Å². The van der Waals surface area contributed by atoms with Crippen LogP contribution in [-0.2, 0) is 11.2 Å². The summed E-state index contributed by atoms with van der Waals surface area (Å²) < 4.78 is 7.45. The first kappa shape index (κ1) is 20.3. The van der Waals surface area contributed by atoms with Crippen LogP contribution in [0.2, 0.25) is 0 Å². The summed E-state index contributed by atoms with van der Waals surface area (Å²) in [4.78, 5) is 13.2. The molecule has 0 saturated heterocycles. The highest BCUT2D eigenvalue weighted by molar-refractivity contribution is 8.00. The molecule has 2 heterocycles. The van der Waals surface area contributed by atoms with E-state index in [0.29, 0.717) is 11.8 Å². The van der Waals surface area contributed by atoms with Crippen molar-refractivity contribution in [3.63, 3.8) is 0 Å². The normalized spacial score (nSPS) is 17.7. The maximum absolute atomic E-state index is 13.2. The number of aryl methyl sites for hydroxylation is 2. The molecule has 0 fully saturated rings. The first-order valence-electron chi connectivity index (χ1n) is 10.1. The molecule has 2 aromatic carbocycles. The Labute approximate surface area is 180 Å². The van der Waals surface area contributed by atoms with E-state index in [-0.39, 0.29) is 11.9 Å². The zero-order chi connectivity index (χ0) is 21.1. The Morgan fingerprint density at radius 1 is 1.13 bits per heavy atom. The molecule has 1 aromatic heterocycles. The molecule has 4 rings (SSSR count). The third-order valence-corrected chi connectivity index (χ3v) is 6.16. The fourth-order valence-corrected chi connectivity index (χ4v) is 4.46. The van der Waals surface area contributed by atoms with E-state index in [1.807, 2.05) is 74.0 Å². The summed E-state index contributed by atoms with van der Waals surface area (Å²) in [5.41, 5.74) is 6.38. The van der Waals surface area contributed by atoms with Gasteiger partial charge in [-0.25, -0.2) is 4.68 Å². The van der Waals surface area contributed by atoms with Crippen molar-refractivity contribution in [3.05, 3.63) is 65.5 Å². The van der Waals surface area contributed by atoms with Gasteiger partial charge in [0.05, 0.1) is 12.6 Å². The second-order valence-corrected chi connectivity index (χ2v) is 8.20. The van der Waals surface area contributed by atoms with Gasteiger partial charge < -0.3 is 15.5 Å². The molecule has 8 heteroatoms. The SMILES string of the molecule is CCOc1ccc([C@@H]2Nn3c(CC)nnc3S[C@H]2C(=O)Nc2ccc(C)cc2)cc1. The zero-order valence-corrected chi connectivity index (χ0v) is 18.1. The van der Waals surface area contributed by atoms with Gasteiger partial charge in [-0.05, 0) is 43.7 Å². The minimum atomic E-state index is -0.411. The predicted octanol–water partition coefficient (Wildman–Crippen LogP) is 3.95. The Hall–Kier alpha value is -3.00. The molecule has 7 nitrogen and oxygen atoms in total. The highest BCUT2D eigenvalue weighted by atomic mass is 32.2. The van der Waals surface area contributed by atoms with Gasteiger partial charge in [-0.3, -0.25) is 4.79 Å². The van der Waals surface area contributed by atoms with Crippen molar-refractivity contribution in [2.75, 3.05) is 17.3 Å². The average molecular weight is 424 g/mol. The van der Waals surface area contributed by atoms with Crippen LogP contribution in [0, 0.1) is 6.92 Å². The molecule has 156 valence electrons. The second kappa shape index (κ2) is 8.79. The highest BCUT2D eigenvalue weighted by Gasteiger charge is 2.37. The molecular weight excluding hydrogens is 398 g/mol. The van der Waals surface area contributed by atoms with Gasteiger partial charge >= 0.3 is 0 Å². The van der Waals surface area contributed by atoms with E-state index >= 15 is 0 Å². The molecule has 1 aliphatic heterocycles. The monoisotopic (exact) mass is 423 g/mol. The summed E-state index contributed by atoms with van der Waals surface area (Å²) in [7, 11) is 0. The third-order valence-electron chi connectivity index (χ3n) is 4.95. The Balaban J connectivity index is 1.64. The maximum atomic E-state index is 13.2. The number of nitrogens with zero attached hydrogens (tertiary/aromatic N) is 3. The first-order valence-corrected chi connectivity index (χ1v) is 10.9. The number of rotatable bonds is 6. The van der Waals surface area contributed by atoms with Gasteiger partial charge in [-0.1, -0.05) is 48.5 Å². The predicted molar refractivity (Wildman–Crippen MR) is 119 cm³/mol. The molecule has 0 saturated carbocycles. The highest BCUT2D eigenvalue weighted by Crippen LogP contribution is 2.38. The summed E-state index contributed by atoms with van der Waals surface area (Å²) >= 11 is 1.42. The van der Waals surface area contributed by atoms with E-state index in [9.17, 15) is 4.79 Å². The van der Waals surface area contributed by atoms with Crippen LogP contribution in [0.4, 0.5) is 5.69 Å². The fraction of sp³-hybridized carbons (Fsp3) is 0.318. The first-order chi connectivity index (χ1) is 14.6. The summed E-state index contributed by atoms with van der Waals surface area (Å²) in [5.74, 6) is 1.57.